The van der Waals surface area contributed by atoms with E-state index in [1.54, 1.807) is 13.0 Å². The van der Waals surface area contributed by atoms with E-state index in [0.717, 1.165) is 11.3 Å². The van der Waals surface area contributed by atoms with Crippen molar-refractivity contribution in [3.05, 3.63) is 28.6 Å². The van der Waals surface area contributed by atoms with Crippen molar-refractivity contribution in [1.82, 2.24) is 4.98 Å². The maximum atomic E-state index is 10.9. The van der Waals surface area contributed by atoms with Crippen LogP contribution in [-0.2, 0) is 5.41 Å². The highest BCUT2D eigenvalue weighted by Crippen LogP contribution is 2.25. The first kappa shape index (κ1) is 11.7. The molecule has 0 amide bonds. The molecule has 0 aromatic carbocycles. The molecule has 1 aromatic heterocycles. The zero-order valence-corrected chi connectivity index (χ0v) is 9.88. The number of hydrogen-bond donors (Lipinski definition) is 1. The molecule has 0 radical (unpaired) electrons. The molecule has 0 aliphatic heterocycles. The van der Waals surface area contributed by atoms with Crippen molar-refractivity contribution >= 4 is 5.97 Å². The molecule has 0 bridgehead atoms. The summed E-state index contributed by atoms with van der Waals surface area (Å²) in [6.45, 7) is 9.85. The minimum atomic E-state index is -0.913. The maximum absolute atomic E-state index is 10.9. The fourth-order valence-corrected chi connectivity index (χ4v) is 1.68. The van der Waals surface area contributed by atoms with E-state index in [-0.39, 0.29) is 5.41 Å². The minimum absolute atomic E-state index is 0.0497. The minimum Gasteiger partial charge on any atom is -0.478 e. The fourth-order valence-electron chi connectivity index (χ4n) is 1.68. The molecule has 1 heterocycles. The fraction of sp³-hybridized carbons (Fsp3) is 0.500. The van der Waals surface area contributed by atoms with E-state index in [1.807, 2.05) is 6.92 Å². The lowest BCUT2D eigenvalue weighted by molar-refractivity contribution is 0.0695. The van der Waals surface area contributed by atoms with Crippen molar-refractivity contribution in [3.8, 4) is 0 Å². The van der Waals surface area contributed by atoms with Crippen LogP contribution in [0.1, 0.15) is 48.1 Å². The summed E-state index contributed by atoms with van der Waals surface area (Å²) in [4.78, 5) is 15.3. The van der Waals surface area contributed by atoms with Gasteiger partial charge in [-0.2, -0.15) is 0 Å². The molecule has 0 unspecified atom stereocenters. The number of aromatic carboxylic acids is 1. The van der Waals surface area contributed by atoms with E-state index in [2.05, 4.69) is 25.8 Å². The smallest absolute Gasteiger partial charge is 0.337 e. The molecule has 0 saturated carbocycles. The van der Waals surface area contributed by atoms with Crippen molar-refractivity contribution in [1.29, 1.82) is 0 Å². The highest BCUT2D eigenvalue weighted by Gasteiger charge is 2.20. The molecule has 82 valence electrons. The summed E-state index contributed by atoms with van der Waals surface area (Å²) in [7, 11) is 0. The summed E-state index contributed by atoms with van der Waals surface area (Å²) < 4.78 is 0. The van der Waals surface area contributed by atoms with Crippen LogP contribution in [0.25, 0.3) is 0 Å². The van der Waals surface area contributed by atoms with Crippen LogP contribution in [0.5, 0.6) is 0 Å². The maximum Gasteiger partial charge on any atom is 0.337 e. The molecule has 0 aliphatic rings. The zero-order chi connectivity index (χ0) is 11.8. The summed E-state index contributed by atoms with van der Waals surface area (Å²) in [5.41, 5.74) is 2.72. The Kier molecular flexibility index (Phi) is 2.84. The Bertz CT molecular complexity index is 403. The second kappa shape index (κ2) is 3.65. The van der Waals surface area contributed by atoms with Gasteiger partial charge >= 0.3 is 5.97 Å². The molecule has 0 saturated heterocycles. The lowest BCUT2D eigenvalue weighted by Crippen LogP contribution is -2.18. The summed E-state index contributed by atoms with van der Waals surface area (Å²) in [6.07, 6.45) is 0. The van der Waals surface area contributed by atoms with Crippen LogP contribution in [0.4, 0.5) is 0 Å². The van der Waals surface area contributed by atoms with Crippen LogP contribution in [0.3, 0.4) is 0 Å². The number of carboxylic acids is 1. The van der Waals surface area contributed by atoms with Crippen molar-refractivity contribution in [2.45, 2.75) is 40.0 Å². The molecule has 1 aromatic rings. The van der Waals surface area contributed by atoms with Crippen LogP contribution in [0, 0.1) is 13.8 Å². The quantitative estimate of drug-likeness (QED) is 0.770. The molecule has 1 N–H and O–H groups in total. The molecule has 15 heavy (non-hydrogen) atoms. The van der Waals surface area contributed by atoms with E-state index in [4.69, 9.17) is 5.11 Å². The lowest BCUT2D eigenvalue weighted by atomic mass is 9.88. The number of rotatable bonds is 1. The third-order valence-corrected chi connectivity index (χ3v) is 2.34. The summed E-state index contributed by atoms with van der Waals surface area (Å²) in [5, 5.41) is 8.94. The first-order valence-electron chi connectivity index (χ1n) is 4.95. The number of hydrogen-bond acceptors (Lipinski definition) is 2. The van der Waals surface area contributed by atoms with Crippen LogP contribution < -0.4 is 0 Å². The second-order valence-corrected chi connectivity index (χ2v) is 4.84. The molecule has 0 atom stereocenters. The van der Waals surface area contributed by atoms with Crippen molar-refractivity contribution in [3.63, 3.8) is 0 Å². The molecule has 0 aliphatic carbocycles. The van der Waals surface area contributed by atoms with Crippen LogP contribution in [0.2, 0.25) is 0 Å². The number of carbonyl (C=O) groups is 1. The van der Waals surface area contributed by atoms with Gasteiger partial charge in [0.1, 0.15) is 0 Å². The predicted octanol–water partition coefficient (Wildman–Crippen LogP) is 2.69. The number of nitrogens with zero attached hydrogens (tertiary/aromatic N) is 1. The lowest BCUT2D eigenvalue weighted by Gasteiger charge is -2.21. The number of aryl methyl sites for hydroxylation is 2. The second-order valence-electron chi connectivity index (χ2n) is 4.84. The molecular weight excluding hydrogens is 190 g/mol. The van der Waals surface area contributed by atoms with E-state index in [0.29, 0.717) is 11.3 Å². The van der Waals surface area contributed by atoms with Gasteiger partial charge in [-0.25, -0.2) is 4.79 Å². The highest BCUT2D eigenvalue weighted by atomic mass is 16.4. The van der Waals surface area contributed by atoms with Gasteiger partial charge < -0.3 is 5.11 Å². The van der Waals surface area contributed by atoms with E-state index in [9.17, 15) is 4.79 Å². The van der Waals surface area contributed by atoms with Gasteiger partial charge in [-0.1, -0.05) is 20.8 Å². The largest absolute Gasteiger partial charge is 0.478 e. The molecule has 3 heteroatoms. The van der Waals surface area contributed by atoms with Gasteiger partial charge in [0.25, 0.3) is 0 Å². The Labute approximate surface area is 90.2 Å². The van der Waals surface area contributed by atoms with Gasteiger partial charge in [0.15, 0.2) is 0 Å². The van der Waals surface area contributed by atoms with Gasteiger partial charge in [-0.3, -0.25) is 4.98 Å². The van der Waals surface area contributed by atoms with Crippen LogP contribution in [-0.4, -0.2) is 16.1 Å². The summed E-state index contributed by atoms with van der Waals surface area (Å²) >= 11 is 0. The Morgan fingerprint density at radius 2 is 1.87 bits per heavy atom. The Morgan fingerprint density at radius 1 is 1.33 bits per heavy atom. The summed E-state index contributed by atoms with van der Waals surface area (Å²) in [6, 6.07) is 1.70. The Hall–Kier alpha value is -1.38. The molecule has 3 nitrogen and oxygen atoms in total. The highest BCUT2D eigenvalue weighted by molar-refractivity contribution is 5.89. The van der Waals surface area contributed by atoms with Crippen molar-refractivity contribution in [2.75, 3.05) is 0 Å². The van der Waals surface area contributed by atoms with Crippen molar-refractivity contribution in [2.24, 2.45) is 0 Å². The van der Waals surface area contributed by atoms with E-state index in [1.165, 1.54) is 0 Å². The van der Waals surface area contributed by atoms with Gasteiger partial charge in [0, 0.05) is 11.1 Å². The Balaban J connectivity index is 3.39. The Morgan fingerprint density at radius 3 is 2.27 bits per heavy atom. The van der Waals surface area contributed by atoms with E-state index >= 15 is 0 Å². The zero-order valence-electron chi connectivity index (χ0n) is 9.88. The molecular formula is C12H17NO2. The average Bonchev–Trinajstić information content (AvgIpc) is 2.06. The topological polar surface area (TPSA) is 50.2 Å². The van der Waals surface area contributed by atoms with Crippen LogP contribution in [0.15, 0.2) is 6.07 Å². The van der Waals surface area contributed by atoms with Gasteiger partial charge in [-0.05, 0) is 25.5 Å². The van der Waals surface area contributed by atoms with Crippen molar-refractivity contribution < 1.29 is 9.90 Å². The van der Waals surface area contributed by atoms with E-state index < -0.39 is 5.97 Å². The molecule has 1 rings (SSSR count). The van der Waals surface area contributed by atoms with Gasteiger partial charge in [0.2, 0.25) is 0 Å². The molecule has 0 fully saturated rings. The predicted molar refractivity (Wildman–Crippen MR) is 59.4 cm³/mol. The monoisotopic (exact) mass is 207 g/mol. The normalized spacial score (nSPS) is 11.5. The SMILES string of the molecule is Cc1cc(C(=O)O)c(C)nc1C(C)(C)C. The van der Waals surface area contributed by atoms with Crippen LogP contribution >= 0.6 is 0 Å². The number of pyridine rings is 1. The summed E-state index contributed by atoms with van der Waals surface area (Å²) in [5.74, 6) is -0.913. The average molecular weight is 207 g/mol. The van der Waals surface area contributed by atoms with Gasteiger partial charge in [0.05, 0.1) is 11.3 Å². The first-order valence-corrected chi connectivity index (χ1v) is 4.95. The number of aromatic nitrogens is 1. The third-order valence-electron chi connectivity index (χ3n) is 2.34. The third kappa shape index (κ3) is 2.35. The molecule has 0 spiro atoms. The first-order chi connectivity index (χ1) is 6.73. The standard InChI is InChI=1S/C12H17NO2/c1-7-6-9(11(14)15)8(2)13-10(7)12(3,4)5/h6H,1-5H3,(H,14,15). The van der Waals surface area contributed by atoms with Gasteiger partial charge in [-0.15, -0.1) is 0 Å². The number of carboxylic acid groups (broad SMARTS) is 1.